The summed E-state index contributed by atoms with van der Waals surface area (Å²) in [6, 6.07) is 16.9. The fraction of sp³-hybridized carbons (Fsp3) is 0.364. The molecule has 1 saturated heterocycles. The number of nitrogens with one attached hydrogen (secondary N) is 2. The fourth-order valence-corrected chi connectivity index (χ4v) is 3.55. The van der Waals surface area contributed by atoms with Crippen LogP contribution in [0.3, 0.4) is 0 Å². The maximum atomic E-state index is 12.5. The smallest absolute Gasteiger partial charge is 0.238 e. The summed E-state index contributed by atoms with van der Waals surface area (Å²) in [6.45, 7) is 5.76. The minimum absolute atomic E-state index is 0.0266. The Kier molecular flexibility index (Phi) is 7.63. The van der Waals surface area contributed by atoms with Crippen molar-refractivity contribution in [2.24, 2.45) is 0 Å². The number of benzene rings is 2. The van der Waals surface area contributed by atoms with Crippen LogP contribution >= 0.6 is 11.6 Å². The second kappa shape index (κ2) is 10.4. The number of amides is 2. The average molecular weight is 415 g/mol. The average Bonchev–Trinajstić information content (AvgIpc) is 2.74. The van der Waals surface area contributed by atoms with E-state index in [0.717, 1.165) is 31.7 Å². The summed E-state index contributed by atoms with van der Waals surface area (Å²) in [6.07, 6.45) is 0. The molecule has 2 amide bonds. The van der Waals surface area contributed by atoms with E-state index in [1.807, 2.05) is 49.4 Å². The van der Waals surface area contributed by atoms with Gasteiger partial charge in [-0.3, -0.25) is 19.4 Å². The number of rotatable bonds is 7. The molecular weight excluding hydrogens is 388 g/mol. The largest absolute Gasteiger partial charge is 0.351 e. The molecule has 154 valence electrons. The third kappa shape index (κ3) is 6.29. The van der Waals surface area contributed by atoms with E-state index in [2.05, 4.69) is 20.4 Å². The van der Waals surface area contributed by atoms with Crippen LogP contribution in [0, 0.1) is 0 Å². The zero-order chi connectivity index (χ0) is 20.6. The van der Waals surface area contributed by atoms with Crippen molar-refractivity contribution in [3.8, 4) is 0 Å². The maximum absolute atomic E-state index is 12.5. The highest BCUT2D eigenvalue weighted by Crippen LogP contribution is 2.20. The Hall–Kier alpha value is -2.41. The van der Waals surface area contributed by atoms with Crippen LogP contribution in [0.15, 0.2) is 54.6 Å². The van der Waals surface area contributed by atoms with Crippen LogP contribution in [0.1, 0.15) is 12.5 Å². The molecule has 1 aliphatic rings. The lowest BCUT2D eigenvalue weighted by molar-refractivity contribution is -0.127. The molecule has 2 aromatic carbocycles. The van der Waals surface area contributed by atoms with Gasteiger partial charge in [0, 0.05) is 32.7 Å². The Labute approximate surface area is 176 Å². The molecule has 0 saturated carbocycles. The number of piperazine rings is 1. The molecule has 0 aromatic heterocycles. The van der Waals surface area contributed by atoms with E-state index in [4.69, 9.17) is 11.6 Å². The van der Waals surface area contributed by atoms with Crippen LogP contribution in [-0.4, -0.2) is 60.4 Å². The van der Waals surface area contributed by atoms with Crippen molar-refractivity contribution in [2.75, 3.05) is 38.0 Å². The van der Waals surface area contributed by atoms with E-state index < -0.39 is 0 Å². The van der Waals surface area contributed by atoms with Crippen molar-refractivity contribution in [1.82, 2.24) is 15.1 Å². The molecule has 29 heavy (non-hydrogen) atoms. The van der Waals surface area contributed by atoms with Gasteiger partial charge in [0.15, 0.2) is 0 Å². The zero-order valence-electron chi connectivity index (χ0n) is 16.6. The minimum atomic E-state index is -0.196. The lowest BCUT2D eigenvalue weighted by Crippen LogP contribution is -2.54. The monoisotopic (exact) mass is 414 g/mol. The van der Waals surface area contributed by atoms with Gasteiger partial charge in [-0.05, 0) is 24.6 Å². The highest BCUT2D eigenvalue weighted by molar-refractivity contribution is 6.33. The molecule has 3 rings (SSSR count). The molecule has 1 fully saturated rings. The van der Waals surface area contributed by atoms with Gasteiger partial charge >= 0.3 is 0 Å². The Bertz CT molecular complexity index is 823. The summed E-state index contributed by atoms with van der Waals surface area (Å²) in [5, 5.41) is 6.38. The van der Waals surface area contributed by atoms with Crippen molar-refractivity contribution >= 4 is 29.1 Å². The molecule has 2 N–H and O–H groups in total. The Balaban J connectivity index is 1.40. The molecule has 0 unspecified atom stereocenters. The van der Waals surface area contributed by atoms with E-state index in [-0.39, 0.29) is 17.9 Å². The van der Waals surface area contributed by atoms with Crippen molar-refractivity contribution in [1.29, 1.82) is 0 Å². The lowest BCUT2D eigenvalue weighted by Gasteiger charge is -2.37. The first-order valence-corrected chi connectivity index (χ1v) is 10.2. The first kappa shape index (κ1) is 21.3. The van der Waals surface area contributed by atoms with Crippen LogP contribution in [0.5, 0.6) is 0 Å². The number of hydrogen-bond acceptors (Lipinski definition) is 4. The predicted octanol–water partition coefficient (Wildman–Crippen LogP) is 2.60. The van der Waals surface area contributed by atoms with Gasteiger partial charge in [-0.15, -0.1) is 0 Å². The summed E-state index contributed by atoms with van der Waals surface area (Å²) < 4.78 is 0. The first-order valence-electron chi connectivity index (χ1n) is 9.85. The van der Waals surface area contributed by atoms with Crippen LogP contribution in [0.25, 0.3) is 0 Å². The van der Waals surface area contributed by atoms with Gasteiger partial charge in [-0.1, -0.05) is 54.1 Å². The third-order valence-corrected chi connectivity index (χ3v) is 5.49. The summed E-state index contributed by atoms with van der Waals surface area (Å²) >= 11 is 6.09. The molecule has 0 aliphatic carbocycles. The van der Waals surface area contributed by atoms with Crippen molar-refractivity contribution in [2.45, 2.75) is 19.5 Å². The van der Waals surface area contributed by atoms with E-state index in [1.54, 1.807) is 12.1 Å². The summed E-state index contributed by atoms with van der Waals surface area (Å²) in [5.74, 6) is -0.0565. The number of anilines is 1. The predicted molar refractivity (Wildman–Crippen MR) is 116 cm³/mol. The van der Waals surface area contributed by atoms with Crippen LogP contribution in [-0.2, 0) is 16.1 Å². The standard InChI is InChI=1S/C22H27ClN4O2/c1-17(22(29)24-15-18-7-3-2-4-8-18)27-13-11-26(12-14-27)16-21(28)25-20-10-6-5-9-19(20)23/h2-10,17H,11-16H2,1H3,(H,24,29)(H,25,28)/t17-/m1/s1. The summed E-state index contributed by atoms with van der Waals surface area (Å²) in [7, 11) is 0. The van der Waals surface area contributed by atoms with Crippen molar-refractivity contribution < 1.29 is 9.59 Å². The number of hydrogen-bond donors (Lipinski definition) is 2. The number of halogens is 1. The topological polar surface area (TPSA) is 64.7 Å². The summed E-state index contributed by atoms with van der Waals surface area (Å²) in [4.78, 5) is 29.0. The molecule has 0 spiro atoms. The minimum Gasteiger partial charge on any atom is -0.351 e. The Morgan fingerprint density at radius 2 is 1.66 bits per heavy atom. The molecule has 6 nitrogen and oxygen atoms in total. The molecule has 1 atom stereocenters. The molecule has 0 bridgehead atoms. The molecule has 1 aliphatic heterocycles. The van der Waals surface area contributed by atoms with Gasteiger partial charge in [0.1, 0.15) is 0 Å². The fourth-order valence-electron chi connectivity index (χ4n) is 3.36. The van der Waals surface area contributed by atoms with Gasteiger partial charge in [-0.25, -0.2) is 0 Å². The third-order valence-electron chi connectivity index (χ3n) is 5.16. The van der Waals surface area contributed by atoms with E-state index in [0.29, 0.717) is 23.8 Å². The zero-order valence-corrected chi connectivity index (χ0v) is 17.4. The SMILES string of the molecule is C[C@H](C(=O)NCc1ccccc1)N1CCN(CC(=O)Nc2ccccc2Cl)CC1. The molecule has 1 heterocycles. The maximum Gasteiger partial charge on any atom is 0.238 e. The highest BCUT2D eigenvalue weighted by atomic mass is 35.5. The summed E-state index contributed by atoms with van der Waals surface area (Å²) in [5.41, 5.74) is 1.71. The lowest BCUT2D eigenvalue weighted by atomic mass is 10.2. The van der Waals surface area contributed by atoms with Crippen molar-refractivity contribution in [3.63, 3.8) is 0 Å². The number of para-hydroxylation sites is 1. The quantitative estimate of drug-likeness (QED) is 0.731. The number of nitrogens with zero attached hydrogens (tertiary/aromatic N) is 2. The van der Waals surface area contributed by atoms with Gasteiger partial charge < -0.3 is 10.6 Å². The normalized spacial score (nSPS) is 16.2. The van der Waals surface area contributed by atoms with E-state index in [9.17, 15) is 9.59 Å². The van der Waals surface area contributed by atoms with Gasteiger partial charge in [0.25, 0.3) is 0 Å². The van der Waals surface area contributed by atoms with Crippen LogP contribution < -0.4 is 10.6 Å². The van der Waals surface area contributed by atoms with E-state index in [1.165, 1.54) is 0 Å². The van der Waals surface area contributed by atoms with Gasteiger partial charge in [0.05, 0.1) is 23.3 Å². The molecule has 2 aromatic rings. The van der Waals surface area contributed by atoms with E-state index >= 15 is 0 Å². The molecule has 0 radical (unpaired) electrons. The number of carbonyl (C=O) groups excluding carboxylic acids is 2. The van der Waals surface area contributed by atoms with Crippen LogP contribution in [0.2, 0.25) is 5.02 Å². The first-order chi connectivity index (χ1) is 14.0. The Morgan fingerprint density at radius 1 is 1.00 bits per heavy atom. The second-order valence-electron chi connectivity index (χ2n) is 7.22. The second-order valence-corrected chi connectivity index (χ2v) is 7.63. The Morgan fingerprint density at radius 3 is 2.34 bits per heavy atom. The molecule has 7 heteroatoms. The molecular formula is C22H27ClN4O2. The van der Waals surface area contributed by atoms with Crippen molar-refractivity contribution in [3.05, 3.63) is 65.2 Å². The van der Waals surface area contributed by atoms with Gasteiger partial charge in [0.2, 0.25) is 11.8 Å². The van der Waals surface area contributed by atoms with Gasteiger partial charge in [-0.2, -0.15) is 0 Å². The van der Waals surface area contributed by atoms with Crippen LogP contribution in [0.4, 0.5) is 5.69 Å². The highest BCUT2D eigenvalue weighted by Gasteiger charge is 2.26. The number of carbonyl (C=O) groups is 2.